The smallest absolute Gasteiger partial charge is 0.203 e. The fraction of sp³-hybridized carbons (Fsp3) is 0.429. The summed E-state index contributed by atoms with van der Waals surface area (Å²) in [6.07, 6.45) is 6.26. The Kier molecular flexibility index (Phi) is 3.70. The minimum absolute atomic E-state index is 0.283. The molecule has 0 aliphatic carbocycles. The first-order valence-electron chi connectivity index (χ1n) is 6.70. The zero-order valence-corrected chi connectivity index (χ0v) is 11.1. The number of rotatable bonds is 5. The highest BCUT2D eigenvalue weighted by Crippen LogP contribution is 2.15. The number of nitriles is 1. The van der Waals surface area contributed by atoms with Crippen LogP contribution in [-0.4, -0.2) is 22.5 Å². The predicted molar refractivity (Wildman–Crippen MR) is 72.0 cm³/mol. The zero-order valence-electron chi connectivity index (χ0n) is 11.1. The number of aromatic nitrogens is 2. The normalized spacial score (nSPS) is 18.1. The van der Waals surface area contributed by atoms with E-state index in [4.69, 9.17) is 14.4 Å². The Bertz CT molecular complexity index is 605. The minimum Gasteiger partial charge on any atom is -0.449 e. The van der Waals surface area contributed by atoms with E-state index in [1.807, 2.05) is 16.9 Å². The molecule has 0 amide bonds. The largest absolute Gasteiger partial charge is 0.449 e. The fourth-order valence-corrected chi connectivity index (χ4v) is 2.27. The summed E-state index contributed by atoms with van der Waals surface area (Å²) < 4.78 is 12.8. The monoisotopic (exact) mass is 272 g/mol. The van der Waals surface area contributed by atoms with E-state index in [2.05, 4.69) is 10.4 Å². The quantitative estimate of drug-likeness (QED) is 0.902. The van der Waals surface area contributed by atoms with Gasteiger partial charge in [0.15, 0.2) is 0 Å². The van der Waals surface area contributed by atoms with Gasteiger partial charge in [0.1, 0.15) is 11.8 Å². The maximum atomic E-state index is 8.69. The van der Waals surface area contributed by atoms with Crippen molar-refractivity contribution in [2.75, 3.05) is 11.9 Å². The van der Waals surface area contributed by atoms with Crippen molar-refractivity contribution in [3.8, 4) is 6.07 Å². The van der Waals surface area contributed by atoms with Crippen LogP contribution in [0.2, 0.25) is 0 Å². The van der Waals surface area contributed by atoms with Crippen LogP contribution >= 0.6 is 0 Å². The second-order valence-electron chi connectivity index (χ2n) is 4.82. The molecule has 3 heterocycles. The average molecular weight is 272 g/mol. The van der Waals surface area contributed by atoms with Crippen molar-refractivity contribution in [1.29, 1.82) is 5.26 Å². The summed E-state index contributed by atoms with van der Waals surface area (Å²) >= 11 is 0. The van der Waals surface area contributed by atoms with Crippen LogP contribution in [0.15, 0.2) is 28.9 Å². The summed E-state index contributed by atoms with van der Waals surface area (Å²) in [5, 5.41) is 16.2. The highest BCUT2D eigenvalue weighted by Gasteiger charge is 2.16. The lowest BCUT2D eigenvalue weighted by molar-refractivity contribution is 0.0940. The number of furan rings is 1. The molecule has 1 aliphatic heterocycles. The highest BCUT2D eigenvalue weighted by molar-refractivity contribution is 5.38. The molecule has 0 radical (unpaired) electrons. The first-order chi connectivity index (χ1) is 9.83. The molecule has 6 nitrogen and oxygen atoms in total. The summed E-state index contributed by atoms with van der Waals surface area (Å²) in [4.78, 5) is 0. The fourth-order valence-electron chi connectivity index (χ4n) is 2.27. The van der Waals surface area contributed by atoms with Crippen LogP contribution in [0.4, 0.5) is 5.69 Å². The summed E-state index contributed by atoms with van der Waals surface area (Å²) in [6.45, 7) is 2.19. The summed E-state index contributed by atoms with van der Waals surface area (Å²) in [7, 11) is 0. The molecule has 1 unspecified atom stereocenters. The molecule has 0 saturated carbocycles. The molecule has 1 atom stereocenters. The van der Waals surface area contributed by atoms with E-state index in [1.54, 1.807) is 18.3 Å². The van der Waals surface area contributed by atoms with Gasteiger partial charge in [-0.3, -0.25) is 4.68 Å². The topological polar surface area (TPSA) is 76.0 Å². The average Bonchev–Trinajstić information content (AvgIpc) is 3.18. The molecular weight excluding hydrogens is 256 g/mol. The second kappa shape index (κ2) is 5.80. The van der Waals surface area contributed by atoms with E-state index >= 15 is 0 Å². The Morgan fingerprint density at radius 2 is 2.45 bits per heavy atom. The first kappa shape index (κ1) is 12.8. The van der Waals surface area contributed by atoms with E-state index in [1.165, 1.54) is 0 Å². The number of nitrogens with one attached hydrogen (secondary N) is 1. The van der Waals surface area contributed by atoms with Gasteiger partial charge in [0.05, 0.1) is 31.1 Å². The van der Waals surface area contributed by atoms with Crippen LogP contribution in [0.1, 0.15) is 24.4 Å². The number of nitrogens with zero attached hydrogens (tertiary/aromatic N) is 3. The van der Waals surface area contributed by atoms with E-state index in [-0.39, 0.29) is 6.10 Å². The Morgan fingerprint density at radius 3 is 3.20 bits per heavy atom. The highest BCUT2D eigenvalue weighted by atomic mass is 16.5. The van der Waals surface area contributed by atoms with Crippen LogP contribution in [0.3, 0.4) is 0 Å². The van der Waals surface area contributed by atoms with Crippen molar-refractivity contribution < 1.29 is 9.15 Å². The molecule has 1 N–H and O–H groups in total. The predicted octanol–water partition coefficient (Wildman–Crippen LogP) is 2.14. The third-order valence-electron chi connectivity index (χ3n) is 3.29. The van der Waals surface area contributed by atoms with Crippen molar-refractivity contribution in [3.63, 3.8) is 0 Å². The Hall–Kier alpha value is -2.26. The van der Waals surface area contributed by atoms with Gasteiger partial charge in [-0.15, -0.1) is 0 Å². The lowest BCUT2D eigenvalue weighted by Gasteiger charge is -2.08. The summed E-state index contributed by atoms with van der Waals surface area (Å²) in [5.41, 5.74) is 0.929. The number of hydrogen-bond acceptors (Lipinski definition) is 5. The first-order valence-corrected chi connectivity index (χ1v) is 6.70. The molecule has 0 spiro atoms. The van der Waals surface area contributed by atoms with Crippen molar-refractivity contribution in [2.45, 2.75) is 32.0 Å². The number of hydrogen-bond donors (Lipinski definition) is 1. The summed E-state index contributed by atoms with van der Waals surface area (Å²) in [5.74, 6) is 1.06. The molecule has 1 aliphatic rings. The van der Waals surface area contributed by atoms with Crippen LogP contribution in [-0.2, 0) is 17.8 Å². The van der Waals surface area contributed by atoms with E-state index in [0.717, 1.165) is 37.4 Å². The van der Waals surface area contributed by atoms with Crippen molar-refractivity contribution >= 4 is 5.69 Å². The SMILES string of the molecule is N#Cc1ccc(CNc2cnn(CC3CCCO3)c2)o1. The molecule has 104 valence electrons. The van der Waals surface area contributed by atoms with E-state index in [0.29, 0.717) is 12.3 Å². The molecule has 1 fully saturated rings. The third-order valence-corrected chi connectivity index (χ3v) is 3.29. The van der Waals surface area contributed by atoms with Gasteiger partial charge in [0, 0.05) is 12.8 Å². The Labute approximate surface area is 116 Å². The van der Waals surface area contributed by atoms with Gasteiger partial charge in [0.2, 0.25) is 5.76 Å². The van der Waals surface area contributed by atoms with Crippen LogP contribution in [0.25, 0.3) is 0 Å². The van der Waals surface area contributed by atoms with Gasteiger partial charge in [-0.1, -0.05) is 0 Å². The van der Waals surface area contributed by atoms with Crippen molar-refractivity contribution in [2.24, 2.45) is 0 Å². The molecule has 3 rings (SSSR count). The lowest BCUT2D eigenvalue weighted by atomic mass is 10.2. The molecule has 1 saturated heterocycles. The van der Waals surface area contributed by atoms with Gasteiger partial charge in [0.25, 0.3) is 0 Å². The van der Waals surface area contributed by atoms with Gasteiger partial charge in [-0.25, -0.2) is 0 Å². The van der Waals surface area contributed by atoms with Crippen LogP contribution in [0.5, 0.6) is 0 Å². The molecule has 20 heavy (non-hydrogen) atoms. The van der Waals surface area contributed by atoms with Gasteiger partial charge >= 0.3 is 0 Å². The third kappa shape index (κ3) is 3.00. The van der Waals surface area contributed by atoms with Crippen LogP contribution in [0, 0.1) is 11.3 Å². The molecule has 2 aromatic heterocycles. The van der Waals surface area contributed by atoms with E-state index in [9.17, 15) is 0 Å². The lowest BCUT2D eigenvalue weighted by Crippen LogP contribution is -2.15. The van der Waals surface area contributed by atoms with Gasteiger partial charge < -0.3 is 14.5 Å². The molecular formula is C14H16N4O2. The Morgan fingerprint density at radius 1 is 1.50 bits per heavy atom. The number of anilines is 1. The van der Waals surface area contributed by atoms with Crippen molar-refractivity contribution in [1.82, 2.24) is 9.78 Å². The molecule has 0 bridgehead atoms. The molecule has 2 aromatic rings. The van der Waals surface area contributed by atoms with Crippen LogP contribution < -0.4 is 5.32 Å². The molecule has 6 heteroatoms. The van der Waals surface area contributed by atoms with E-state index < -0.39 is 0 Å². The zero-order chi connectivity index (χ0) is 13.8. The van der Waals surface area contributed by atoms with Gasteiger partial charge in [-0.2, -0.15) is 10.4 Å². The standard InChI is InChI=1S/C14H16N4O2/c15-6-12-3-4-13(20-12)8-16-11-7-17-18(9-11)10-14-2-1-5-19-14/h3-4,7,9,14,16H,1-2,5,8,10H2. The van der Waals surface area contributed by atoms with Crippen molar-refractivity contribution in [3.05, 3.63) is 36.0 Å². The van der Waals surface area contributed by atoms with Gasteiger partial charge in [-0.05, 0) is 25.0 Å². The second-order valence-corrected chi connectivity index (χ2v) is 4.82. The number of ether oxygens (including phenoxy) is 1. The maximum Gasteiger partial charge on any atom is 0.203 e. The summed E-state index contributed by atoms with van der Waals surface area (Å²) in [6, 6.07) is 5.42. The minimum atomic E-state index is 0.283. The maximum absolute atomic E-state index is 8.69. The Balaban J connectivity index is 1.53. The molecule has 0 aromatic carbocycles.